The lowest BCUT2D eigenvalue weighted by molar-refractivity contribution is -0.122. The summed E-state index contributed by atoms with van der Waals surface area (Å²) in [5.74, 6) is -0.0777. The molecule has 0 spiro atoms. The highest BCUT2D eigenvalue weighted by atomic mass is 32.2. The van der Waals surface area contributed by atoms with Gasteiger partial charge >= 0.3 is 0 Å². The molecule has 0 radical (unpaired) electrons. The Bertz CT molecular complexity index is 1270. The van der Waals surface area contributed by atoms with Gasteiger partial charge in [0.1, 0.15) is 5.75 Å². The average Bonchev–Trinajstić information content (AvgIpc) is 2.79. The number of ether oxygens (including phenoxy) is 2. The molecule has 7 nitrogen and oxygen atoms in total. The highest BCUT2D eigenvalue weighted by Crippen LogP contribution is 2.38. The van der Waals surface area contributed by atoms with E-state index < -0.39 is 22.0 Å². The van der Waals surface area contributed by atoms with Gasteiger partial charge < -0.3 is 14.8 Å². The van der Waals surface area contributed by atoms with Gasteiger partial charge in [0.25, 0.3) is 15.9 Å². The molecule has 0 unspecified atom stereocenters. The Kier molecular flexibility index (Phi) is 6.40. The fourth-order valence-electron chi connectivity index (χ4n) is 3.69. The second kappa shape index (κ2) is 9.25. The fourth-order valence-corrected chi connectivity index (χ4v) is 5.17. The molecule has 1 N–H and O–H groups in total. The second-order valence-corrected chi connectivity index (χ2v) is 9.91. The number of sulfonamides is 1. The minimum Gasteiger partial charge on any atom is -0.476 e. The molecule has 1 atom stereocenters. The van der Waals surface area contributed by atoms with Gasteiger partial charge in [-0.3, -0.25) is 9.10 Å². The summed E-state index contributed by atoms with van der Waals surface area (Å²) >= 11 is 0. The molecule has 0 aromatic heterocycles. The number of nitrogens with zero attached hydrogens (tertiary/aromatic N) is 1. The van der Waals surface area contributed by atoms with E-state index in [2.05, 4.69) is 5.32 Å². The number of nitrogens with one attached hydrogen (secondary N) is 1. The quantitative estimate of drug-likeness (QED) is 0.593. The molecule has 3 aromatic rings. The maximum absolute atomic E-state index is 13.5. The van der Waals surface area contributed by atoms with E-state index in [1.807, 2.05) is 38.1 Å². The summed E-state index contributed by atoms with van der Waals surface area (Å²) < 4.78 is 39.4. The molecule has 0 saturated heterocycles. The first-order valence-electron chi connectivity index (χ1n) is 10.5. The van der Waals surface area contributed by atoms with Gasteiger partial charge in [-0.15, -0.1) is 0 Å². The number of carbonyl (C=O) groups excluding carboxylic acids is 1. The Hall–Kier alpha value is -3.36. The van der Waals surface area contributed by atoms with Gasteiger partial charge in [0, 0.05) is 12.8 Å². The normalized spacial score (nSPS) is 15.5. The van der Waals surface area contributed by atoms with Crippen LogP contribution in [0.5, 0.6) is 5.75 Å². The van der Waals surface area contributed by atoms with Crippen molar-refractivity contribution in [2.45, 2.75) is 31.5 Å². The number of hydrogen-bond acceptors (Lipinski definition) is 5. The van der Waals surface area contributed by atoms with Crippen molar-refractivity contribution in [2.75, 3.05) is 23.3 Å². The van der Waals surface area contributed by atoms with E-state index in [0.29, 0.717) is 23.7 Å². The van der Waals surface area contributed by atoms with Crippen LogP contribution in [0.15, 0.2) is 71.6 Å². The van der Waals surface area contributed by atoms with E-state index in [4.69, 9.17) is 9.47 Å². The van der Waals surface area contributed by atoms with Crippen molar-refractivity contribution in [1.29, 1.82) is 0 Å². The van der Waals surface area contributed by atoms with Crippen LogP contribution >= 0.6 is 0 Å². The fraction of sp³-hybridized carbons (Fsp3) is 0.240. The monoisotopic (exact) mass is 466 g/mol. The predicted molar refractivity (Wildman–Crippen MR) is 127 cm³/mol. The van der Waals surface area contributed by atoms with Crippen LogP contribution in [0.2, 0.25) is 0 Å². The molecule has 1 amide bonds. The average molecular weight is 467 g/mol. The van der Waals surface area contributed by atoms with Gasteiger partial charge in [-0.25, -0.2) is 8.42 Å². The first-order chi connectivity index (χ1) is 15.8. The topological polar surface area (TPSA) is 84.9 Å². The zero-order valence-corrected chi connectivity index (χ0v) is 19.6. The van der Waals surface area contributed by atoms with Crippen molar-refractivity contribution >= 4 is 27.3 Å². The molecule has 0 bridgehead atoms. The number of rotatable bonds is 6. The molecule has 33 heavy (non-hydrogen) atoms. The van der Waals surface area contributed by atoms with Crippen molar-refractivity contribution in [1.82, 2.24) is 0 Å². The number of anilines is 2. The number of fused-ring (bicyclic) bond motifs is 1. The SMILES string of the molecule is COCc1cccc(NC(=O)[C@H]2CN(S(=O)(=O)c3ccc(C)cc3)c3ccc(C)cc3O2)c1. The second-order valence-electron chi connectivity index (χ2n) is 8.05. The summed E-state index contributed by atoms with van der Waals surface area (Å²) in [6.45, 7) is 4.05. The Morgan fingerprint density at radius 1 is 1.06 bits per heavy atom. The first-order valence-corrected chi connectivity index (χ1v) is 12.0. The standard InChI is InChI=1S/C25H26N2O5S/c1-17-7-10-21(11-8-17)33(29,30)27-15-24(32-23-13-18(2)9-12-22(23)27)25(28)26-20-6-4-5-19(14-20)16-31-3/h4-14,24H,15-16H2,1-3H3,(H,26,28)/t24-/m1/s1. The molecular weight excluding hydrogens is 440 g/mol. The van der Waals surface area contributed by atoms with Crippen LogP contribution in [0.4, 0.5) is 11.4 Å². The van der Waals surface area contributed by atoms with Crippen LogP contribution in [0.1, 0.15) is 16.7 Å². The molecule has 1 aliphatic heterocycles. The highest BCUT2D eigenvalue weighted by molar-refractivity contribution is 7.92. The zero-order chi connectivity index (χ0) is 23.6. The molecule has 0 aliphatic carbocycles. The van der Waals surface area contributed by atoms with Gasteiger partial charge in [0.15, 0.2) is 6.10 Å². The van der Waals surface area contributed by atoms with Gasteiger partial charge in [-0.05, 0) is 61.4 Å². The summed E-state index contributed by atoms with van der Waals surface area (Å²) in [5.41, 5.74) is 3.76. The van der Waals surface area contributed by atoms with Crippen molar-refractivity contribution in [2.24, 2.45) is 0 Å². The molecule has 3 aromatic carbocycles. The zero-order valence-electron chi connectivity index (χ0n) is 18.7. The number of carbonyl (C=O) groups is 1. The Labute approximate surface area is 194 Å². The largest absolute Gasteiger partial charge is 0.476 e. The molecule has 172 valence electrons. The van der Waals surface area contributed by atoms with Crippen LogP contribution in [0, 0.1) is 13.8 Å². The molecule has 4 rings (SSSR count). The summed E-state index contributed by atoms with van der Waals surface area (Å²) in [7, 11) is -2.30. The van der Waals surface area contributed by atoms with Crippen molar-refractivity contribution < 1.29 is 22.7 Å². The Morgan fingerprint density at radius 3 is 2.52 bits per heavy atom. The Morgan fingerprint density at radius 2 is 1.79 bits per heavy atom. The molecule has 1 aliphatic rings. The lowest BCUT2D eigenvalue weighted by Crippen LogP contribution is -2.48. The molecule has 1 heterocycles. The van der Waals surface area contributed by atoms with Gasteiger partial charge in [-0.1, -0.05) is 35.9 Å². The third-order valence-corrected chi connectivity index (χ3v) is 7.19. The van der Waals surface area contributed by atoms with Crippen LogP contribution in [0.25, 0.3) is 0 Å². The number of methoxy groups -OCH3 is 1. The number of hydrogen-bond donors (Lipinski definition) is 1. The molecule has 0 fully saturated rings. The lowest BCUT2D eigenvalue weighted by Gasteiger charge is -2.35. The van der Waals surface area contributed by atoms with Crippen molar-refractivity contribution in [3.8, 4) is 5.75 Å². The maximum atomic E-state index is 13.5. The lowest BCUT2D eigenvalue weighted by atomic mass is 10.1. The summed E-state index contributed by atoms with van der Waals surface area (Å²) in [5, 5.41) is 2.83. The van der Waals surface area contributed by atoms with Crippen LogP contribution in [0.3, 0.4) is 0 Å². The summed E-state index contributed by atoms with van der Waals surface area (Å²) in [4.78, 5) is 13.3. The third kappa shape index (κ3) is 4.86. The van der Waals surface area contributed by atoms with E-state index in [1.165, 1.54) is 4.31 Å². The predicted octanol–water partition coefficient (Wildman–Crippen LogP) is 4.04. The summed E-state index contributed by atoms with van der Waals surface area (Å²) in [6.07, 6.45) is -1.02. The minimum atomic E-state index is -3.90. The molecule has 8 heteroatoms. The summed E-state index contributed by atoms with van der Waals surface area (Å²) in [6, 6.07) is 19.2. The van der Waals surface area contributed by atoms with Gasteiger partial charge in [0.05, 0.1) is 23.7 Å². The van der Waals surface area contributed by atoms with Crippen molar-refractivity contribution in [3.05, 3.63) is 83.4 Å². The van der Waals surface area contributed by atoms with Crippen LogP contribution in [-0.4, -0.2) is 34.1 Å². The number of benzene rings is 3. The first kappa shape index (κ1) is 22.8. The highest BCUT2D eigenvalue weighted by Gasteiger charge is 2.37. The molecular formula is C25H26N2O5S. The van der Waals surface area contributed by atoms with E-state index in [9.17, 15) is 13.2 Å². The van der Waals surface area contributed by atoms with Gasteiger partial charge in [0.2, 0.25) is 0 Å². The van der Waals surface area contributed by atoms with E-state index in [1.54, 1.807) is 49.6 Å². The smallest absolute Gasteiger partial charge is 0.267 e. The Balaban J connectivity index is 1.65. The van der Waals surface area contributed by atoms with Crippen molar-refractivity contribution in [3.63, 3.8) is 0 Å². The number of aryl methyl sites for hydroxylation is 2. The van der Waals surface area contributed by atoms with E-state index in [-0.39, 0.29) is 11.4 Å². The third-order valence-electron chi connectivity index (χ3n) is 5.39. The molecule has 0 saturated carbocycles. The van der Waals surface area contributed by atoms with Gasteiger partial charge in [-0.2, -0.15) is 0 Å². The van der Waals surface area contributed by atoms with Crippen LogP contribution < -0.4 is 14.4 Å². The number of amides is 1. The minimum absolute atomic E-state index is 0.143. The van der Waals surface area contributed by atoms with Crippen LogP contribution in [-0.2, 0) is 26.2 Å². The van der Waals surface area contributed by atoms with E-state index >= 15 is 0 Å². The maximum Gasteiger partial charge on any atom is 0.267 e. The van der Waals surface area contributed by atoms with E-state index in [0.717, 1.165) is 16.7 Å².